The first-order valence-corrected chi connectivity index (χ1v) is 12.8. The molecule has 224 valence electrons. The van der Waals surface area contributed by atoms with Crippen LogP contribution in [0.5, 0.6) is 28.7 Å². The highest BCUT2D eigenvalue weighted by Gasteiger charge is 2.46. The lowest BCUT2D eigenvalue weighted by atomic mass is 9.99. The fraction of sp³-hybridized carbons (Fsp3) is 0.200. The van der Waals surface area contributed by atoms with Gasteiger partial charge in [-0.15, -0.1) is 0 Å². The molecule has 1 aliphatic rings. The summed E-state index contributed by atoms with van der Waals surface area (Å²) in [7, 11) is 0. The molecule has 2 heterocycles. The molecule has 13 heteroatoms. The predicted molar refractivity (Wildman–Crippen MR) is 148 cm³/mol. The molecule has 0 aliphatic carbocycles. The molecular formula is C30H26O13. The molecule has 1 aliphatic heterocycles. The van der Waals surface area contributed by atoms with Crippen molar-refractivity contribution in [2.75, 3.05) is 6.61 Å². The quantitative estimate of drug-likeness (QED) is 0.120. The van der Waals surface area contributed by atoms with E-state index < -0.39 is 66.0 Å². The molecule has 5 rings (SSSR count). The van der Waals surface area contributed by atoms with Crippen molar-refractivity contribution in [3.8, 4) is 40.1 Å². The van der Waals surface area contributed by atoms with Crippen LogP contribution in [0.25, 0.3) is 28.4 Å². The maximum Gasteiger partial charge on any atom is 0.330 e. The summed E-state index contributed by atoms with van der Waals surface area (Å²) in [4.78, 5) is 25.8. The maximum absolute atomic E-state index is 13.5. The van der Waals surface area contributed by atoms with E-state index in [1.807, 2.05) is 0 Å². The van der Waals surface area contributed by atoms with Gasteiger partial charge in [-0.2, -0.15) is 0 Å². The topological polar surface area (TPSA) is 217 Å². The third-order valence-corrected chi connectivity index (χ3v) is 6.64. The first-order valence-electron chi connectivity index (χ1n) is 12.8. The smallest absolute Gasteiger partial charge is 0.330 e. The largest absolute Gasteiger partial charge is 0.508 e. The minimum atomic E-state index is -1.90. The Hall–Kier alpha value is -5.08. The summed E-state index contributed by atoms with van der Waals surface area (Å²) in [6.45, 7) is -0.583. The Morgan fingerprint density at radius 3 is 2.16 bits per heavy atom. The van der Waals surface area contributed by atoms with Crippen LogP contribution in [-0.4, -0.2) is 79.0 Å². The predicted octanol–water partition coefficient (Wildman–Crippen LogP) is 1.73. The molecule has 0 spiro atoms. The number of ether oxygens (including phenoxy) is 3. The van der Waals surface area contributed by atoms with Crippen molar-refractivity contribution in [3.05, 3.63) is 82.5 Å². The zero-order valence-corrected chi connectivity index (χ0v) is 22.1. The monoisotopic (exact) mass is 594 g/mol. The van der Waals surface area contributed by atoms with Gasteiger partial charge in [0.1, 0.15) is 65.0 Å². The lowest BCUT2D eigenvalue weighted by Crippen LogP contribution is -2.60. The van der Waals surface area contributed by atoms with Crippen LogP contribution in [0.4, 0.5) is 0 Å². The fourth-order valence-corrected chi connectivity index (χ4v) is 4.41. The zero-order chi connectivity index (χ0) is 30.8. The SMILES string of the molecule is O=C(/C=C/c1ccc(O)cc1)OCC1O[C@@H](Oc2c(-c3ccc(O)cc3)oc3cc(O)cc(O)c3c2=O)C(O)C(O)[C@@H]1O. The van der Waals surface area contributed by atoms with Crippen molar-refractivity contribution in [3.63, 3.8) is 0 Å². The van der Waals surface area contributed by atoms with E-state index in [1.54, 1.807) is 12.1 Å². The van der Waals surface area contributed by atoms with Gasteiger partial charge in [0.15, 0.2) is 5.76 Å². The van der Waals surface area contributed by atoms with Gasteiger partial charge in [-0.3, -0.25) is 4.79 Å². The highest BCUT2D eigenvalue weighted by Crippen LogP contribution is 2.37. The van der Waals surface area contributed by atoms with Crippen LogP contribution in [0.15, 0.2) is 76.0 Å². The summed E-state index contributed by atoms with van der Waals surface area (Å²) in [6.07, 6.45) is -6.17. The number of aliphatic hydroxyl groups is 3. The molecule has 1 fully saturated rings. The Bertz CT molecular complexity index is 1710. The molecule has 0 amide bonds. The molecule has 3 unspecified atom stereocenters. The standard InChI is InChI=1S/C30H26O13/c31-16-6-1-14(2-7-16)3-10-22(35)40-13-21-24(36)26(38)27(39)30(42-21)43-29-25(37)23-19(34)11-18(33)12-20(23)41-28(29)15-4-8-17(32)9-5-15/h1-12,21,24,26-27,30-34,36,38-39H,13H2/b10-3+/t21?,24-,26?,27?,30+/m1/s1. The van der Waals surface area contributed by atoms with Crippen molar-refractivity contribution >= 4 is 23.0 Å². The fourth-order valence-electron chi connectivity index (χ4n) is 4.41. The van der Waals surface area contributed by atoms with Gasteiger partial charge in [0.25, 0.3) is 0 Å². The Labute approximate surface area is 242 Å². The third kappa shape index (κ3) is 6.24. The van der Waals surface area contributed by atoms with Gasteiger partial charge < -0.3 is 54.4 Å². The van der Waals surface area contributed by atoms with E-state index in [2.05, 4.69) is 0 Å². The highest BCUT2D eigenvalue weighted by atomic mass is 16.7. The van der Waals surface area contributed by atoms with E-state index >= 15 is 0 Å². The molecule has 7 N–H and O–H groups in total. The number of benzene rings is 3. The van der Waals surface area contributed by atoms with Gasteiger partial charge in [-0.05, 0) is 48.0 Å². The van der Waals surface area contributed by atoms with Crippen LogP contribution in [0, 0.1) is 0 Å². The third-order valence-electron chi connectivity index (χ3n) is 6.64. The number of carbonyl (C=O) groups excluding carboxylic acids is 1. The first kappa shape index (κ1) is 29.4. The van der Waals surface area contributed by atoms with E-state index in [0.717, 1.165) is 18.2 Å². The van der Waals surface area contributed by atoms with Crippen LogP contribution in [0.1, 0.15) is 5.56 Å². The van der Waals surface area contributed by atoms with E-state index in [9.17, 15) is 45.3 Å². The average Bonchev–Trinajstić information content (AvgIpc) is 2.97. The van der Waals surface area contributed by atoms with Gasteiger partial charge in [-0.1, -0.05) is 12.1 Å². The number of phenolic OH excluding ortho intramolecular Hbond substituents is 4. The number of aliphatic hydroxyl groups excluding tert-OH is 3. The second-order valence-electron chi connectivity index (χ2n) is 9.66. The van der Waals surface area contributed by atoms with E-state index in [-0.39, 0.29) is 33.8 Å². The van der Waals surface area contributed by atoms with Crippen molar-refractivity contribution in [2.45, 2.75) is 30.7 Å². The molecule has 0 bridgehead atoms. The molecular weight excluding hydrogens is 568 g/mol. The van der Waals surface area contributed by atoms with E-state index in [1.165, 1.54) is 42.5 Å². The normalized spacial score (nSPS) is 22.1. The van der Waals surface area contributed by atoms with Crippen LogP contribution in [0.3, 0.4) is 0 Å². The molecule has 13 nitrogen and oxygen atoms in total. The van der Waals surface area contributed by atoms with E-state index in [0.29, 0.717) is 5.56 Å². The second kappa shape index (κ2) is 12.0. The summed E-state index contributed by atoms with van der Waals surface area (Å²) in [6, 6.07) is 13.4. The number of aromatic hydroxyl groups is 4. The van der Waals surface area contributed by atoms with Gasteiger partial charge >= 0.3 is 5.97 Å². The number of carbonyl (C=O) groups is 1. The Morgan fingerprint density at radius 1 is 0.837 bits per heavy atom. The Morgan fingerprint density at radius 2 is 1.49 bits per heavy atom. The Balaban J connectivity index is 1.42. The van der Waals surface area contributed by atoms with Crippen LogP contribution >= 0.6 is 0 Å². The molecule has 5 atom stereocenters. The highest BCUT2D eigenvalue weighted by molar-refractivity contribution is 5.88. The summed E-state index contributed by atoms with van der Waals surface area (Å²) < 4.78 is 22.2. The average molecular weight is 595 g/mol. The second-order valence-corrected chi connectivity index (χ2v) is 9.66. The van der Waals surface area contributed by atoms with Crippen LogP contribution in [0.2, 0.25) is 0 Å². The Kier molecular flexibility index (Phi) is 8.23. The number of rotatable bonds is 7. The lowest BCUT2D eigenvalue weighted by Gasteiger charge is -2.39. The maximum atomic E-state index is 13.5. The number of fused-ring (bicyclic) bond motifs is 1. The van der Waals surface area contributed by atoms with Gasteiger partial charge in [0, 0.05) is 23.8 Å². The van der Waals surface area contributed by atoms with Gasteiger partial charge in [-0.25, -0.2) is 4.79 Å². The first-order chi connectivity index (χ1) is 20.5. The van der Waals surface area contributed by atoms with Crippen molar-refractivity contribution in [1.82, 2.24) is 0 Å². The zero-order valence-electron chi connectivity index (χ0n) is 22.1. The molecule has 43 heavy (non-hydrogen) atoms. The summed E-state index contributed by atoms with van der Waals surface area (Å²) in [5.74, 6) is -2.70. The van der Waals surface area contributed by atoms with Crippen molar-refractivity contribution < 1.29 is 59.2 Å². The lowest BCUT2D eigenvalue weighted by molar-refractivity contribution is -0.278. The molecule has 1 aromatic heterocycles. The van der Waals surface area contributed by atoms with Crippen LogP contribution < -0.4 is 10.2 Å². The van der Waals surface area contributed by atoms with Gasteiger partial charge in [0.2, 0.25) is 17.5 Å². The number of esters is 1. The number of phenols is 4. The number of hydrogen-bond donors (Lipinski definition) is 7. The van der Waals surface area contributed by atoms with Crippen LogP contribution in [-0.2, 0) is 14.3 Å². The minimum Gasteiger partial charge on any atom is -0.508 e. The summed E-state index contributed by atoms with van der Waals surface area (Å²) in [5.41, 5.74) is -0.328. The molecule has 0 radical (unpaired) electrons. The van der Waals surface area contributed by atoms with Crippen molar-refractivity contribution in [2.24, 2.45) is 0 Å². The number of hydrogen-bond acceptors (Lipinski definition) is 13. The molecule has 0 saturated carbocycles. The minimum absolute atomic E-state index is 0.0495. The molecule has 4 aromatic rings. The van der Waals surface area contributed by atoms with Crippen molar-refractivity contribution in [1.29, 1.82) is 0 Å². The molecule has 3 aromatic carbocycles. The summed E-state index contributed by atoms with van der Waals surface area (Å²) >= 11 is 0. The molecule has 1 saturated heterocycles. The van der Waals surface area contributed by atoms with Gasteiger partial charge in [0.05, 0.1) is 0 Å². The summed E-state index contributed by atoms with van der Waals surface area (Å²) in [5, 5.41) is 70.6. The van der Waals surface area contributed by atoms with E-state index in [4.69, 9.17) is 18.6 Å².